The van der Waals surface area contributed by atoms with Gasteiger partial charge in [-0.25, -0.2) is 13.9 Å². The van der Waals surface area contributed by atoms with Crippen LogP contribution in [0.1, 0.15) is 16.1 Å². The van der Waals surface area contributed by atoms with E-state index in [1.165, 1.54) is 18.2 Å². The number of hydrogen-bond donors (Lipinski definition) is 1. The Morgan fingerprint density at radius 2 is 2.00 bits per heavy atom. The molecule has 1 amide bonds. The number of nitrogens with zero attached hydrogens (tertiary/aromatic N) is 3. The first-order chi connectivity index (χ1) is 14.6. The molecule has 150 valence electrons. The largest absolute Gasteiger partial charge is 0.454 e. The van der Waals surface area contributed by atoms with E-state index < -0.39 is 11.7 Å². The van der Waals surface area contributed by atoms with Crippen molar-refractivity contribution in [3.05, 3.63) is 76.8 Å². The number of ether oxygens (including phenoxy) is 2. The number of rotatable bonds is 4. The number of fused-ring (bicyclic) bond motifs is 2. The SMILES string of the molecule is O=C(NCc1c(-c2ccc3c(c2)OCO3)nc2ccc(Cl)nn12)c1cccc(F)c1. The molecule has 1 N–H and O–H groups in total. The summed E-state index contributed by atoms with van der Waals surface area (Å²) in [7, 11) is 0. The summed E-state index contributed by atoms with van der Waals surface area (Å²) in [5.41, 5.74) is 2.80. The average molecular weight is 425 g/mol. The Balaban J connectivity index is 1.53. The molecule has 0 saturated carbocycles. The zero-order valence-electron chi connectivity index (χ0n) is 15.4. The molecule has 0 fully saturated rings. The molecule has 4 aromatic rings. The third-order valence-electron chi connectivity index (χ3n) is 4.69. The predicted molar refractivity (Wildman–Crippen MR) is 107 cm³/mol. The third-order valence-corrected chi connectivity index (χ3v) is 4.89. The van der Waals surface area contributed by atoms with E-state index in [1.54, 1.807) is 28.8 Å². The van der Waals surface area contributed by atoms with Gasteiger partial charge in [-0.3, -0.25) is 4.79 Å². The highest BCUT2D eigenvalue weighted by atomic mass is 35.5. The van der Waals surface area contributed by atoms with Gasteiger partial charge in [0.25, 0.3) is 5.91 Å². The van der Waals surface area contributed by atoms with Crippen molar-refractivity contribution in [3.8, 4) is 22.8 Å². The minimum atomic E-state index is -0.480. The van der Waals surface area contributed by atoms with E-state index in [9.17, 15) is 9.18 Å². The van der Waals surface area contributed by atoms with Gasteiger partial charge in [0.2, 0.25) is 6.79 Å². The number of halogens is 2. The van der Waals surface area contributed by atoms with Crippen LogP contribution in [0.4, 0.5) is 4.39 Å². The molecular weight excluding hydrogens is 411 g/mol. The molecule has 1 aliphatic rings. The average Bonchev–Trinajstić information content (AvgIpc) is 3.35. The lowest BCUT2D eigenvalue weighted by Crippen LogP contribution is -2.24. The van der Waals surface area contributed by atoms with E-state index in [-0.39, 0.29) is 24.1 Å². The lowest BCUT2D eigenvalue weighted by molar-refractivity contribution is 0.0950. The van der Waals surface area contributed by atoms with Crippen molar-refractivity contribution in [1.29, 1.82) is 0 Å². The first-order valence-corrected chi connectivity index (χ1v) is 9.44. The molecule has 9 heteroatoms. The van der Waals surface area contributed by atoms with Crippen LogP contribution in [0.15, 0.2) is 54.6 Å². The maximum absolute atomic E-state index is 13.4. The van der Waals surface area contributed by atoms with Crippen LogP contribution in [0.3, 0.4) is 0 Å². The molecule has 0 saturated heterocycles. The standard InChI is InChI=1S/C21H14ClFN4O3/c22-18-6-7-19-25-20(12-4-5-16-17(9-12)30-11-29-16)15(27(19)26-18)10-24-21(28)13-2-1-3-14(23)8-13/h1-9H,10-11H2,(H,24,28). The maximum Gasteiger partial charge on any atom is 0.251 e. The molecule has 2 aromatic carbocycles. The van der Waals surface area contributed by atoms with Gasteiger partial charge in [0.15, 0.2) is 17.1 Å². The third kappa shape index (κ3) is 3.31. The molecule has 0 aliphatic carbocycles. The lowest BCUT2D eigenvalue weighted by Gasteiger charge is -2.08. The summed E-state index contributed by atoms with van der Waals surface area (Å²) >= 11 is 6.07. The number of carbonyl (C=O) groups is 1. The van der Waals surface area contributed by atoms with Crippen LogP contribution in [0.5, 0.6) is 11.5 Å². The van der Waals surface area contributed by atoms with Crippen LogP contribution < -0.4 is 14.8 Å². The molecule has 0 unspecified atom stereocenters. The number of hydrogen-bond acceptors (Lipinski definition) is 5. The van der Waals surface area contributed by atoms with Gasteiger partial charge in [-0.2, -0.15) is 5.10 Å². The zero-order valence-corrected chi connectivity index (χ0v) is 16.2. The van der Waals surface area contributed by atoms with Gasteiger partial charge in [-0.05, 0) is 48.5 Å². The zero-order chi connectivity index (χ0) is 20.7. The maximum atomic E-state index is 13.4. The molecule has 30 heavy (non-hydrogen) atoms. The molecule has 0 atom stereocenters. The van der Waals surface area contributed by atoms with E-state index in [0.717, 1.165) is 5.56 Å². The minimum absolute atomic E-state index is 0.105. The number of amides is 1. The van der Waals surface area contributed by atoms with E-state index in [0.29, 0.717) is 28.5 Å². The molecule has 0 spiro atoms. The Morgan fingerprint density at radius 1 is 1.13 bits per heavy atom. The van der Waals surface area contributed by atoms with E-state index in [4.69, 9.17) is 21.1 Å². The number of aromatic nitrogens is 3. The van der Waals surface area contributed by atoms with Gasteiger partial charge in [-0.1, -0.05) is 17.7 Å². The molecule has 3 heterocycles. The highest BCUT2D eigenvalue weighted by molar-refractivity contribution is 6.29. The summed E-state index contributed by atoms with van der Waals surface area (Å²) in [6.07, 6.45) is 0. The number of carbonyl (C=O) groups excluding carboxylic acids is 1. The predicted octanol–water partition coefficient (Wildman–Crippen LogP) is 3.85. The highest BCUT2D eigenvalue weighted by Crippen LogP contribution is 2.36. The van der Waals surface area contributed by atoms with Crippen LogP contribution in [-0.2, 0) is 6.54 Å². The number of imidazole rings is 1. The molecule has 5 rings (SSSR count). The summed E-state index contributed by atoms with van der Waals surface area (Å²) in [6.45, 7) is 0.269. The number of nitrogens with one attached hydrogen (secondary N) is 1. The molecule has 7 nitrogen and oxygen atoms in total. The quantitative estimate of drug-likeness (QED) is 0.538. The summed E-state index contributed by atoms with van der Waals surface area (Å²) in [5.74, 6) is 0.380. The van der Waals surface area contributed by atoms with Gasteiger partial charge in [0, 0.05) is 11.1 Å². The van der Waals surface area contributed by atoms with Crippen molar-refractivity contribution >= 4 is 23.2 Å². The fourth-order valence-electron chi connectivity index (χ4n) is 3.29. The second kappa shape index (κ2) is 7.31. The van der Waals surface area contributed by atoms with E-state index in [1.807, 2.05) is 12.1 Å². The van der Waals surface area contributed by atoms with Crippen LogP contribution in [0.2, 0.25) is 5.15 Å². The Bertz CT molecular complexity index is 1290. The minimum Gasteiger partial charge on any atom is -0.454 e. The summed E-state index contributed by atoms with van der Waals surface area (Å²) in [6, 6.07) is 14.4. The van der Waals surface area contributed by atoms with Crippen molar-refractivity contribution in [2.45, 2.75) is 6.54 Å². The van der Waals surface area contributed by atoms with E-state index >= 15 is 0 Å². The van der Waals surface area contributed by atoms with Crippen molar-refractivity contribution < 1.29 is 18.7 Å². The highest BCUT2D eigenvalue weighted by Gasteiger charge is 2.20. The number of benzene rings is 2. The van der Waals surface area contributed by atoms with Gasteiger partial charge in [0.1, 0.15) is 11.0 Å². The van der Waals surface area contributed by atoms with Crippen LogP contribution >= 0.6 is 11.6 Å². The van der Waals surface area contributed by atoms with Crippen molar-refractivity contribution in [2.24, 2.45) is 0 Å². The molecule has 0 bridgehead atoms. The topological polar surface area (TPSA) is 77.8 Å². The monoisotopic (exact) mass is 424 g/mol. The van der Waals surface area contributed by atoms with Crippen molar-refractivity contribution in [3.63, 3.8) is 0 Å². The summed E-state index contributed by atoms with van der Waals surface area (Å²) in [4.78, 5) is 17.2. The molecule has 0 radical (unpaired) electrons. The van der Waals surface area contributed by atoms with Crippen LogP contribution in [-0.4, -0.2) is 27.3 Å². The van der Waals surface area contributed by atoms with Gasteiger partial charge in [-0.15, -0.1) is 0 Å². The first-order valence-electron chi connectivity index (χ1n) is 9.06. The Labute approximate surface area is 175 Å². The lowest BCUT2D eigenvalue weighted by atomic mass is 10.1. The van der Waals surface area contributed by atoms with Crippen molar-refractivity contribution in [2.75, 3.05) is 6.79 Å². The van der Waals surface area contributed by atoms with Crippen LogP contribution in [0, 0.1) is 5.82 Å². The summed E-state index contributed by atoms with van der Waals surface area (Å²) in [5, 5.41) is 7.40. The van der Waals surface area contributed by atoms with Gasteiger partial charge >= 0.3 is 0 Å². The molecule has 2 aromatic heterocycles. The second-order valence-corrected chi connectivity index (χ2v) is 6.98. The smallest absolute Gasteiger partial charge is 0.251 e. The molecule has 1 aliphatic heterocycles. The van der Waals surface area contributed by atoms with E-state index in [2.05, 4.69) is 15.4 Å². The summed E-state index contributed by atoms with van der Waals surface area (Å²) < 4.78 is 25.9. The fourth-order valence-corrected chi connectivity index (χ4v) is 3.42. The normalized spacial score (nSPS) is 12.3. The van der Waals surface area contributed by atoms with Gasteiger partial charge in [0.05, 0.1) is 17.9 Å². The van der Waals surface area contributed by atoms with Crippen molar-refractivity contribution in [1.82, 2.24) is 19.9 Å². The Kier molecular flexibility index (Phi) is 4.48. The Hall–Kier alpha value is -3.65. The fraction of sp³-hybridized carbons (Fsp3) is 0.0952. The molecular formula is C21H14ClFN4O3. The van der Waals surface area contributed by atoms with Gasteiger partial charge < -0.3 is 14.8 Å². The van der Waals surface area contributed by atoms with Crippen LogP contribution in [0.25, 0.3) is 16.9 Å². The first kappa shape index (κ1) is 18.4. The second-order valence-electron chi connectivity index (χ2n) is 6.59. The Morgan fingerprint density at radius 3 is 2.87 bits per heavy atom.